The van der Waals surface area contributed by atoms with E-state index >= 15 is 0 Å². The quantitative estimate of drug-likeness (QED) is 0.837. The first-order valence-corrected chi connectivity index (χ1v) is 5.99. The van der Waals surface area contributed by atoms with Crippen molar-refractivity contribution in [2.24, 2.45) is 12.8 Å². The molecule has 1 rings (SSSR count). The Morgan fingerprint density at radius 2 is 1.71 bits per heavy atom. The normalized spacial score (nSPS) is 16.1. The van der Waals surface area contributed by atoms with Crippen molar-refractivity contribution >= 4 is 0 Å². The van der Waals surface area contributed by atoms with Crippen LogP contribution in [-0.2, 0) is 19.4 Å². The van der Waals surface area contributed by atoms with Crippen LogP contribution in [0.5, 0.6) is 0 Å². The van der Waals surface area contributed by atoms with Gasteiger partial charge in [-0.2, -0.15) is 31.4 Å². The predicted molar refractivity (Wildman–Crippen MR) is 61.3 cm³/mol. The van der Waals surface area contributed by atoms with Gasteiger partial charge in [-0.1, -0.05) is 6.92 Å². The van der Waals surface area contributed by atoms with Gasteiger partial charge in [0.05, 0.1) is 6.10 Å². The Morgan fingerprint density at radius 3 is 2.10 bits per heavy atom. The van der Waals surface area contributed by atoms with Gasteiger partial charge in [0.2, 0.25) is 0 Å². The lowest BCUT2D eigenvalue weighted by molar-refractivity contribution is -0.145. The molecule has 1 aromatic rings. The fourth-order valence-corrected chi connectivity index (χ4v) is 2.17. The fraction of sp³-hybridized carbons (Fsp3) is 0.727. The van der Waals surface area contributed by atoms with Gasteiger partial charge in [0.15, 0.2) is 5.69 Å². The van der Waals surface area contributed by atoms with E-state index in [1.807, 2.05) is 0 Å². The highest BCUT2D eigenvalue weighted by molar-refractivity contribution is 5.34. The number of nitrogens with two attached hydrogens (primary N) is 1. The Balaban J connectivity index is 3.44. The molecule has 0 amide bonds. The van der Waals surface area contributed by atoms with Gasteiger partial charge in [-0.05, 0) is 12.3 Å². The molecular formula is C11H15F6N3O. The zero-order chi connectivity index (χ0) is 16.6. The lowest BCUT2D eigenvalue weighted by Crippen LogP contribution is -2.23. The lowest BCUT2D eigenvalue weighted by Gasteiger charge is -2.19. The summed E-state index contributed by atoms with van der Waals surface area (Å²) < 4.78 is 77.7. The maximum Gasteiger partial charge on any atom is 0.435 e. The van der Waals surface area contributed by atoms with Crippen LogP contribution in [0, 0.1) is 0 Å². The van der Waals surface area contributed by atoms with Crippen molar-refractivity contribution in [3.05, 3.63) is 17.0 Å². The van der Waals surface area contributed by atoms with Crippen molar-refractivity contribution in [1.29, 1.82) is 0 Å². The molecule has 0 fully saturated rings. The van der Waals surface area contributed by atoms with Crippen LogP contribution in [0.25, 0.3) is 0 Å². The van der Waals surface area contributed by atoms with Crippen molar-refractivity contribution in [3.63, 3.8) is 0 Å². The first kappa shape index (κ1) is 17.8. The van der Waals surface area contributed by atoms with Gasteiger partial charge in [-0.25, -0.2) is 0 Å². The standard InChI is InChI=1S/C11H15F6N3O/c1-5(3-6(21)4-18)7-8(10(12,13)14)19-20(2)9(7)11(15,16)17/h5-6,21H,3-4,18H2,1-2H3. The second-order valence-corrected chi connectivity index (χ2v) is 4.76. The number of rotatable bonds is 4. The van der Waals surface area contributed by atoms with Crippen LogP contribution in [-0.4, -0.2) is 27.5 Å². The van der Waals surface area contributed by atoms with E-state index in [1.165, 1.54) is 6.92 Å². The molecule has 2 atom stereocenters. The van der Waals surface area contributed by atoms with Gasteiger partial charge in [0, 0.05) is 19.2 Å². The molecule has 0 aliphatic rings. The maximum absolute atomic E-state index is 13.0. The topological polar surface area (TPSA) is 64.1 Å². The highest BCUT2D eigenvalue weighted by Crippen LogP contribution is 2.43. The second kappa shape index (κ2) is 5.84. The molecule has 4 nitrogen and oxygen atoms in total. The number of aliphatic hydroxyl groups excluding tert-OH is 1. The summed E-state index contributed by atoms with van der Waals surface area (Å²) in [5, 5.41) is 12.3. The number of hydrogen-bond acceptors (Lipinski definition) is 3. The van der Waals surface area contributed by atoms with Gasteiger partial charge in [-0.15, -0.1) is 0 Å². The van der Waals surface area contributed by atoms with Crippen molar-refractivity contribution in [2.75, 3.05) is 6.54 Å². The Bertz CT molecular complexity index is 493. The van der Waals surface area contributed by atoms with Crippen LogP contribution in [0.15, 0.2) is 0 Å². The molecule has 122 valence electrons. The van der Waals surface area contributed by atoms with Crippen LogP contribution in [0.3, 0.4) is 0 Å². The molecule has 0 spiro atoms. The van der Waals surface area contributed by atoms with Crippen LogP contribution >= 0.6 is 0 Å². The minimum absolute atomic E-state index is 0.170. The predicted octanol–water partition coefficient (Wildman–Crippen LogP) is 2.27. The summed E-state index contributed by atoms with van der Waals surface area (Å²) in [4.78, 5) is 0. The molecular weight excluding hydrogens is 304 g/mol. The number of aliphatic hydroxyl groups is 1. The molecule has 0 aliphatic carbocycles. The highest BCUT2D eigenvalue weighted by atomic mass is 19.4. The first-order valence-electron chi connectivity index (χ1n) is 5.99. The van der Waals surface area contributed by atoms with Crippen molar-refractivity contribution in [3.8, 4) is 0 Å². The maximum atomic E-state index is 13.0. The van der Waals surface area contributed by atoms with E-state index in [1.54, 1.807) is 0 Å². The smallest absolute Gasteiger partial charge is 0.392 e. The monoisotopic (exact) mass is 319 g/mol. The summed E-state index contributed by atoms with van der Waals surface area (Å²) in [5.74, 6) is -1.20. The zero-order valence-electron chi connectivity index (χ0n) is 11.3. The van der Waals surface area contributed by atoms with Crippen LogP contribution in [0.2, 0.25) is 0 Å². The molecule has 0 saturated carbocycles. The summed E-state index contributed by atoms with van der Waals surface area (Å²) in [5.41, 5.74) is 1.11. The number of aromatic nitrogens is 2. The molecule has 21 heavy (non-hydrogen) atoms. The van der Waals surface area contributed by atoms with E-state index in [9.17, 15) is 31.4 Å². The minimum Gasteiger partial charge on any atom is -0.392 e. The lowest BCUT2D eigenvalue weighted by atomic mass is 9.92. The minimum atomic E-state index is -5.02. The molecule has 0 radical (unpaired) electrons. The SMILES string of the molecule is CC(CC(O)CN)c1c(C(F)(F)F)nn(C)c1C(F)(F)F. The number of halogens is 6. The third-order valence-corrected chi connectivity index (χ3v) is 3.01. The fourth-order valence-electron chi connectivity index (χ4n) is 2.17. The van der Waals surface area contributed by atoms with E-state index in [2.05, 4.69) is 5.10 Å². The molecule has 0 bridgehead atoms. The third kappa shape index (κ3) is 3.88. The molecule has 2 unspecified atom stereocenters. The van der Waals surface area contributed by atoms with Crippen molar-refractivity contribution in [2.45, 2.75) is 37.7 Å². The van der Waals surface area contributed by atoms with Gasteiger partial charge in [-0.3, -0.25) is 4.68 Å². The van der Waals surface area contributed by atoms with Gasteiger partial charge < -0.3 is 10.8 Å². The molecule has 10 heteroatoms. The zero-order valence-corrected chi connectivity index (χ0v) is 11.3. The Labute approximate surface area is 116 Å². The van der Waals surface area contributed by atoms with Gasteiger partial charge in [0.25, 0.3) is 0 Å². The van der Waals surface area contributed by atoms with E-state index in [0.29, 0.717) is 0 Å². The number of hydrogen-bond donors (Lipinski definition) is 2. The summed E-state index contributed by atoms with van der Waals surface area (Å²) in [7, 11) is 0.799. The van der Waals surface area contributed by atoms with Gasteiger partial charge >= 0.3 is 12.4 Å². The average Bonchev–Trinajstić information content (AvgIpc) is 2.66. The molecule has 3 N–H and O–H groups in total. The number of alkyl halides is 6. The number of aryl methyl sites for hydroxylation is 1. The molecule has 0 saturated heterocycles. The highest BCUT2D eigenvalue weighted by Gasteiger charge is 2.47. The summed E-state index contributed by atoms with van der Waals surface area (Å²) in [6.07, 6.45) is -11.5. The van der Waals surface area contributed by atoms with Crippen molar-refractivity contribution < 1.29 is 31.4 Å². The molecule has 0 aromatic carbocycles. The van der Waals surface area contributed by atoms with E-state index in [-0.39, 0.29) is 17.6 Å². The number of nitrogens with zero attached hydrogens (tertiary/aromatic N) is 2. The van der Waals surface area contributed by atoms with E-state index < -0.39 is 41.3 Å². The first-order chi connectivity index (χ1) is 9.39. The Morgan fingerprint density at radius 1 is 1.19 bits per heavy atom. The Kier molecular flexibility index (Phi) is 4.94. The molecule has 1 heterocycles. The average molecular weight is 319 g/mol. The van der Waals surface area contributed by atoms with Crippen LogP contribution < -0.4 is 5.73 Å². The summed E-state index contributed by atoms with van der Waals surface area (Å²) >= 11 is 0. The summed E-state index contributed by atoms with van der Waals surface area (Å²) in [6.45, 7) is 0.910. The van der Waals surface area contributed by atoms with Crippen molar-refractivity contribution in [1.82, 2.24) is 9.78 Å². The van der Waals surface area contributed by atoms with Gasteiger partial charge in [0.1, 0.15) is 5.69 Å². The molecule has 0 aliphatic heterocycles. The summed E-state index contributed by atoms with van der Waals surface area (Å²) in [6, 6.07) is 0. The largest absolute Gasteiger partial charge is 0.435 e. The van der Waals surface area contributed by atoms with E-state index in [4.69, 9.17) is 5.73 Å². The van der Waals surface area contributed by atoms with Crippen LogP contribution in [0.1, 0.15) is 36.2 Å². The van der Waals surface area contributed by atoms with E-state index in [0.717, 1.165) is 7.05 Å². The third-order valence-electron chi connectivity index (χ3n) is 3.01. The second-order valence-electron chi connectivity index (χ2n) is 4.76. The molecule has 1 aromatic heterocycles. The van der Waals surface area contributed by atoms with Crippen LogP contribution in [0.4, 0.5) is 26.3 Å². The Hall–Kier alpha value is -1.29.